The topological polar surface area (TPSA) is 59.2 Å². The van der Waals surface area contributed by atoms with Gasteiger partial charge >= 0.3 is 0 Å². The number of aryl methyl sites for hydroxylation is 2. The second-order valence-corrected chi connectivity index (χ2v) is 6.44. The van der Waals surface area contributed by atoms with Crippen molar-refractivity contribution in [1.82, 2.24) is 15.0 Å². The normalized spacial score (nSPS) is 18.0. The smallest absolute Gasteiger partial charge is 0.227 e. The molecule has 118 valence electrons. The third-order valence-electron chi connectivity index (χ3n) is 4.04. The molecular formula is C16H21N3O2S. The van der Waals surface area contributed by atoms with E-state index < -0.39 is 0 Å². The minimum Gasteiger partial charge on any atom is -0.339 e. The van der Waals surface area contributed by atoms with Crippen LogP contribution in [0, 0.1) is 0 Å². The Labute approximate surface area is 134 Å². The minimum absolute atomic E-state index is 0.184. The van der Waals surface area contributed by atoms with Gasteiger partial charge in [-0.3, -0.25) is 4.79 Å². The van der Waals surface area contributed by atoms with Gasteiger partial charge in [0.1, 0.15) is 0 Å². The third-order valence-corrected chi connectivity index (χ3v) is 4.74. The number of hydrogen-bond acceptors (Lipinski definition) is 5. The maximum absolute atomic E-state index is 12.5. The van der Waals surface area contributed by atoms with E-state index in [9.17, 15) is 4.79 Å². The van der Waals surface area contributed by atoms with E-state index in [1.165, 1.54) is 5.56 Å². The van der Waals surface area contributed by atoms with Crippen molar-refractivity contribution in [2.75, 3.05) is 6.54 Å². The zero-order chi connectivity index (χ0) is 15.4. The second-order valence-electron chi connectivity index (χ2n) is 5.66. The van der Waals surface area contributed by atoms with E-state index in [0.29, 0.717) is 18.7 Å². The lowest BCUT2D eigenvalue weighted by molar-refractivity contribution is -0.132. The Kier molecular flexibility index (Phi) is 4.87. The Bertz CT molecular complexity index is 609. The monoisotopic (exact) mass is 319 g/mol. The Morgan fingerprint density at radius 3 is 3.18 bits per heavy atom. The van der Waals surface area contributed by atoms with Gasteiger partial charge in [0.2, 0.25) is 11.8 Å². The first-order chi connectivity index (χ1) is 10.8. The van der Waals surface area contributed by atoms with Crippen molar-refractivity contribution in [2.45, 2.75) is 51.5 Å². The molecule has 0 N–H and O–H groups in total. The van der Waals surface area contributed by atoms with Crippen LogP contribution >= 0.6 is 11.3 Å². The molecule has 1 aliphatic rings. The van der Waals surface area contributed by atoms with Gasteiger partial charge in [0.25, 0.3) is 0 Å². The highest BCUT2D eigenvalue weighted by molar-refractivity contribution is 7.07. The SMILES string of the molecule is CCCc1noc(CCC(=O)N2CCCC2c2ccsc2)n1. The number of hydrogen-bond donors (Lipinski definition) is 0. The summed E-state index contributed by atoms with van der Waals surface area (Å²) < 4.78 is 5.20. The summed E-state index contributed by atoms with van der Waals surface area (Å²) >= 11 is 1.69. The number of rotatable bonds is 6. The molecule has 1 saturated heterocycles. The fourth-order valence-electron chi connectivity index (χ4n) is 2.95. The lowest BCUT2D eigenvalue weighted by atomic mass is 10.1. The molecule has 0 bridgehead atoms. The number of nitrogens with zero attached hydrogens (tertiary/aromatic N) is 3. The van der Waals surface area contributed by atoms with Gasteiger partial charge in [0.15, 0.2) is 5.82 Å². The predicted octanol–water partition coefficient (Wildman–Crippen LogP) is 3.38. The van der Waals surface area contributed by atoms with Gasteiger partial charge in [-0.05, 0) is 41.7 Å². The summed E-state index contributed by atoms with van der Waals surface area (Å²) in [6.45, 7) is 2.93. The maximum atomic E-state index is 12.5. The van der Waals surface area contributed by atoms with Crippen LogP contribution in [0.15, 0.2) is 21.3 Å². The zero-order valence-corrected chi connectivity index (χ0v) is 13.6. The molecule has 1 fully saturated rings. The van der Waals surface area contributed by atoms with E-state index in [0.717, 1.165) is 38.1 Å². The summed E-state index contributed by atoms with van der Waals surface area (Å²) in [4.78, 5) is 18.8. The van der Waals surface area contributed by atoms with Crippen LogP contribution in [-0.4, -0.2) is 27.5 Å². The van der Waals surface area contributed by atoms with Gasteiger partial charge in [0, 0.05) is 25.8 Å². The van der Waals surface area contributed by atoms with Crippen LogP contribution in [0.2, 0.25) is 0 Å². The van der Waals surface area contributed by atoms with E-state index in [-0.39, 0.29) is 11.9 Å². The molecule has 3 heterocycles. The first kappa shape index (κ1) is 15.2. The summed E-state index contributed by atoms with van der Waals surface area (Å²) in [5.74, 6) is 1.49. The number of carbonyl (C=O) groups is 1. The molecule has 1 amide bonds. The lowest BCUT2D eigenvalue weighted by Gasteiger charge is -2.24. The number of likely N-dealkylation sites (tertiary alicyclic amines) is 1. The fraction of sp³-hybridized carbons (Fsp3) is 0.562. The molecule has 0 aromatic carbocycles. The summed E-state index contributed by atoms with van der Waals surface area (Å²) in [6.07, 6.45) is 4.92. The minimum atomic E-state index is 0.184. The Morgan fingerprint density at radius 1 is 1.50 bits per heavy atom. The van der Waals surface area contributed by atoms with E-state index in [1.54, 1.807) is 11.3 Å². The highest BCUT2D eigenvalue weighted by atomic mass is 32.1. The van der Waals surface area contributed by atoms with Crippen molar-refractivity contribution in [1.29, 1.82) is 0 Å². The molecule has 0 aliphatic carbocycles. The highest BCUT2D eigenvalue weighted by Gasteiger charge is 2.29. The molecule has 22 heavy (non-hydrogen) atoms. The molecule has 1 unspecified atom stereocenters. The maximum Gasteiger partial charge on any atom is 0.227 e. The molecule has 5 nitrogen and oxygen atoms in total. The number of amides is 1. The van der Waals surface area contributed by atoms with E-state index in [4.69, 9.17) is 4.52 Å². The van der Waals surface area contributed by atoms with Gasteiger partial charge in [0.05, 0.1) is 6.04 Å². The number of carbonyl (C=O) groups excluding carboxylic acids is 1. The van der Waals surface area contributed by atoms with E-state index in [1.807, 2.05) is 4.90 Å². The molecule has 0 spiro atoms. The molecule has 0 saturated carbocycles. The van der Waals surface area contributed by atoms with Crippen LogP contribution in [0.3, 0.4) is 0 Å². The zero-order valence-electron chi connectivity index (χ0n) is 12.8. The Balaban J connectivity index is 1.56. The summed E-state index contributed by atoms with van der Waals surface area (Å²) in [6, 6.07) is 2.37. The first-order valence-electron chi connectivity index (χ1n) is 7.91. The average molecular weight is 319 g/mol. The van der Waals surface area contributed by atoms with Gasteiger partial charge in [-0.15, -0.1) is 0 Å². The van der Waals surface area contributed by atoms with Crippen molar-refractivity contribution in [3.63, 3.8) is 0 Å². The van der Waals surface area contributed by atoms with Crippen LogP contribution in [0.25, 0.3) is 0 Å². The van der Waals surface area contributed by atoms with Crippen molar-refractivity contribution in [3.8, 4) is 0 Å². The Morgan fingerprint density at radius 2 is 2.41 bits per heavy atom. The van der Waals surface area contributed by atoms with Crippen molar-refractivity contribution < 1.29 is 9.32 Å². The molecule has 6 heteroatoms. The Hall–Kier alpha value is -1.69. The van der Waals surface area contributed by atoms with Crippen LogP contribution < -0.4 is 0 Å². The summed E-state index contributed by atoms with van der Waals surface area (Å²) in [7, 11) is 0. The largest absolute Gasteiger partial charge is 0.339 e. The molecular weight excluding hydrogens is 298 g/mol. The standard InChI is InChI=1S/C16H21N3O2S/c1-2-4-14-17-15(21-18-14)6-7-16(20)19-9-3-5-13(19)12-8-10-22-11-12/h8,10-11,13H,2-7,9H2,1H3. The summed E-state index contributed by atoms with van der Waals surface area (Å²) in [5.41, 5.74) is 1.26. The highest BCUT2D eigenvalue weighted by Crippen LogP contribution is 2.33. The van der Waals surface area contributed by atoms with Crippen LogP contribution in [-0.2, 0) is 17.6 Å². The third kappa shape index (κ3) is 3.38. The molecule has 1 aliphatic heterocycles. The molecule has 1 atom stereocenters. The molecule has 2 aromatic heterocycles. The number of thiophene rings is 1. The van der Waals surface area contributed by atoms with Crippen molar-refractivity contribution in [3.05, 3.63) is 34.1 Å². The summed E-state index contributed by atoms with van der Waals surface area (Å²) in [5, 5.41) is 8.14. The molecule has 2 aromatic rings. The first-order valence-corrected chi connectivity index (χ1v) is 8.85. The second kappa shape index (κ2) is 7.05. The van der Waals surface area contributed by atoms with Crippen LogP contribution in [0.4, 0.5) is 0 Å². The van der Waals surface area contributed by atoms with E-state index in [2.05, 4.69) is 33.9 Å². The van der Waals surface area contributed by atoms with Crippen LogP contribution in [0.5, 0.6) is 0 Å². The quantitative estimate of drug-likeness (QED) is 0.819. The lowest BCUT2D eigenvalue weighted by Crippen LogP contribution is -2.30. The predicted molar refractivity (Wildman–Crippen MR) is 84.6 cm³/mol. The van der Waals surface area contributed by atoms with Crippen molar-refractivity contribution >= 4 is 17.2 Å². The van der Waals surface area contributed by atoms with Gasteiger partial charge in [-0.1, -0.05) is 12.1 Å². The molecule has 3 rings (SSSR count). The fourth-order valence-corrected chi connectivity index (χ4v) is 3.66. The van der Waals surface area contributed by atoms with Crippen LogP contribution in [0.1, 0.15) is 55.9 Å². The number of aromatic nitrogens is 2. The van der Waals surface area contributed by atoms with Gasteiger partial charge in [-0.2, -0.15) is 16.3 Å². The molecule has 0 radical (unpaired) electrons. The van der Waals surface area contributed by atoms with E-state index >= 15 is 0 Å². The van der Waals surface area contributed by atoms with Gasteiger partial charge < -0.3 is 9.42 Å². The van der Waals surface area contributed by atoms with Gasteiger partial charge in [-0.25, -0.2) is 0 Å². The average Bonchev–Trinajstić information content (AvgIpc) is 3.25. The van der Waals surface area contributed by atoms with Crippen molar-refractivity contribution in [2.24, 2.45) is 0 Å².